The summed E-state index contributed by atoms with van der Waals surface area (Å²) in [5.41, 5.74) is 4.75. The van der Waals surface area contributed by atoms with E-state index < -0.39 is 17.2 Å². The van der Waals surface area contributed by atoms with Crippen molar-refractivity contribution in [1.82, 2.24) is 4.90 Å². The van der Waals surface area contributed by atoms with Crippen LogP contribution in [0.25, 0.3) is 0 Å². The Labute approximate surface area is 146 Å². The normalized spacial score (nSPS) is 23.7. The average molecular weight is 354 g/mol. The second-order valence-electron chi connectivity index (χ2n) is 7.36. The summed E-state index contributed by atoms with van der Waals surface area (Å²) in [4.78, 5) is 15.2. The molecule has 1 unspecified atom stereocenters. The number of alkyl halides is 3. The van der Waals surface area contributed by atoms with Crippen LogP contribution in [0, 0.1) is 5.92 Å². The topological polar surface area (TPSA) is 46.3 Å². The smallest absolute Gasteiger partial charge is 0.342 e. The van der Waals surface area contributed by atoms with Gasteiger partial charge >= 0.3 is 6.18 Å². The highest BCUT2D eigenvalue weighted by molar-refractivity contribution is 5.88. The van der Waals surface area contributed by atoms with Crippen LogP contribution in [0.5, 0.6) is 0 Å². The first-order valence-corrected chi connectivity index (χ1v) is 9.04. The van der Waals surface area contributed by atoms with Gasteiger partial charge in [-0.25, -0.2) is 0 Å². The van der Waals surface area contributed by atoms with Gasteiger partial charge in [0, 0.05) is 13.1 Å². The van der Waals surface area contributed by atoms with E-state index in [4.69, 9.17) is 5.73 Å². The molecule has 1 saturated carbocycles. The molecule has 0 aromatic heterocycles. The molecule has 1 heterocycles. The van der Waals surface area contributed by atoms with Crippen molar-refractivity contribution in [3.8, 4) is 0 Å². The lowest BCUT2D eigenvalue weighted by Gasteiger charge is -2.39. The van der Waals surface area contributed by atoms with Crippen LogP contribution in [0.4, 0.5) is 13.2 Å². The minimum absolute atomic E-state index is 0.0116. The number of nitrogens with zero attached hydrogens (tertiary/aromatic N) is 1. The van der Waals surface area contributed by atoms with Gasteiger partial charge in [-0.05, 0) is 43.4 Å². The van der Waals surface area contributed by atoms with E-state index in [1.807, 2.05) is 4.90 Å². The van der Waals surface area contributed by atoms with Crippen molar-refractivity contribution in [2.75, 3.05) is 19.6 Å². The predicted octanol–water partition coefficient (Wildman–Crippen LogP) is 3.71. The lowest BCUT2D eigenvalue weighted by molar-refractivity contribution is -0.140. The molecule has 2 N–H and O–H groups in total. The summed E-state index contributed by atoms with van der Waals surface area (Å²) in [6, 6.07) is 5.37. The molecule has 1 aliphatic heterocycles. The van der Waals surface area contributed by atoms with Crippen LogP contribution in [0.1, 0.15) is 49.7 Å². The molecule has 1 saturated heterocycles. The highest BCUT2D eigenvalue weighted by atomic mass is 19.4. The summed E-state index contributed by atoms with van der Waals surface area (Å²) in [6.07, 6.45) is 0.494. The third kappa shape index (κ3) is 3.54. The van der Waals surface area contributed by atoms with Crippen LogP contribution in [0.15, 0.2) is 24.3 Å². The highest BCUT2D eigenvalue weighted by Crippen LogP contribution is 2.43. The second-order valence-corrected chi connectivity index (χ2v) is 7.36. The van der Waals surface area contributed by atoms with Gasteiger partial charge in [0.05, 0.1) is 11.0 Å². The number of amides is 1. The van der Waals surface area contributed by atoms with Crippen molar-refractivity contribution >= 4 is 5.91 Å². The van der Waals surface area contributed by atoms with Crippen molar-refractivity contribution in [3.05, 3.63) is 35.4 Å². The molecule has 138 valence electrons. The van der Waals surface area contributed by atoms with E-state index in [0.29, 0.717) is 44.0 Å². The van der Waals surface area contributed by atoms with E-state index in [1.165, 1.54) is 12.1 Å². The molecule has 6 heteroatoms. The van der Waals surface area contributed by atoms with E-state index in [0.717, 1.165) is 31.7 Å². The average Bonchev–Trinajstić information content (AvgIpc) is 3.10. The molecule has 3 nitrogen and oxygen atoms in total. The molecule has 25 heavy (non-hydrogen) atoms. The van der Waals surface area contributed by atoms with Crippen LogP contribution < -0.4 is 5.73 Å². The van der Waals surface area contributed by atoms with Crippen LogP contribution in [0.2, 0.25) is 0 Å². The molecular weight excluding hydrogens is 329 g/mol. The zero-order chi connectivity index (χ0) is 18.1. The third-order valence-corrected chi connectivity index (χ3v) is 5.77. The first-order valence-electron chi connectivity index (χ1n) is 9.04. The molecule has 0 radical (unpaired) electrons. The molecule has 0 spiro atoms. The maximum Gasteiger partial charge on any atom is 0.416 e. The minimum atomic E-state index is -4.40. The fraction of sp³-hybridized carbons (Fsp3) is 0.632. The SMILES string of the molecule is NCC1CCN(C(=O)C2(c3cccc(C(F)(F)F)c3)CCCCC2)C1. The first kappa shape index (κ1) is 18.2. The van der Waals surface area contributed by atoms with Gasteiger partial charge in [0.25, 0.3) is 0 Å². The summed E-state index contributed by atoms with van der Waals surface area (Å²) in [5.74, 6) is 0.286. The second kappa shape index (κ2) is 6.98. The lowest BCUT2D eigenvalue weighted by atomic mass is 9.68. The number of rotatable bonds is 3. The van der Waals surface area contributed by atoms with Gasteiger partial charge in [0.15, 0.2) is 0 Å². The van der Waals surface area contributed by atoms with E-state index in [-0.39, 0.29) is 5.91 Å². The van der Waals surface area contributed by atoms with E-state index >= 15 is 0 Å². The first-order chi connectivity index (χ1) is 11.9. The number of benzene rings is 1. The van der Waals surface area contributed by atoms with Gasteiger partial charge in [-0.2, -0.15) is 13.2 Å². The van der Waals surface area contributed by atoms with Crippen molar-refractivity contribution in [2.45, 2.75) is 50.1 Å². The Balaban J connectivity index is 1.95. The molecule has 1 amide bonds. The van der Waals surface area contributed by atoms with Gasteiger partial charge in [-0.1, -0.05) is 37.5 Å². The molecule has 2 fully saturated rings. The summed E-state index contributed by atoms with van der Waals surface area (Å²) in [6.45, 7) is 1.82. The third-order valence-electron chi connectivity index (χ3n) is 5.77. The van der Waals surface area contributed by atoms with E-state index in [9.17, 15) is 18.0 Å². The molecule has 0 bridgehead atoms. The van der Waals surface area contributed by atoms with Gasteiger partial charge in [0.2, 0.25) is 5.91 Å². The fourth-order valence-corrected chi connectivity index (χ4v) is 4.29. The van der Waals surface area contributed by atoms with Gasteiger partial charge in [-0.3, -0.25) is 4.79 Å². The van der Waals surface area contributed by atoms with Crippen LogP contribution >= 0.6 is 0 Å². The van der Waals surface area contributed by atoms with Crippen molar-refractivity contribution in [3.63, 3.8) is 0 Å². The highest BCUT2D eigenvalue weighted by Gasteiger charge is 2.45. The Morgan fingerprint density at radius 1 is 1.24 bits per heavy atom. The van der Waals surface area contributed by atoms with E-state index in [2.05, 4.69) is 0 Å². The number of nitrogens with two attached hydrogens (primary N) is 1. The predicted molar refractivity (Wildman–Crippen MR) is 89.9 cm³/mol. The minimum Gasteiger partial charge on any atom is -0.342 e. The van der Waals surface area contributed by atoms with Crippen molar-refractivity contribution in [1.29, 1.82) is 0 Å². The summed E-state index contributed by atoms with van der Waals surface area (Å²) < 4.78 is 39.4. The fourth-order valence-electron chi connectivity index (χ4n) is 4.29. The van der Waals surface area contributed by atoms with Crippen molar-refractivity contribution in [2.24, 2.45) is 11.7 Å². The number of carbonyl (C=O) groups excluding carboxylic acids is 1. The van der Waals surface area contributed by atoms with Crippen LogP contribution in [-0.4, -0.2) is 30.4 Å². The van der Waals surface area contributed by atoms with Gasteiger partial charge < -0.3 is 10.6 Å². The van der Waals surface area contributed by atoms with E-state index in [1.54, 1.807) is 6.07 Å². The zero-order valence-electron chi connectivity index (χ0n) is 14.3. The number of halogens is 3. The monoisotopic (exact) mass is 354 g/mol. The molecular formula is C19H25F3N2O. The van der Waals surface area contributed by atoms with Gasteiger partial charge in [-0.15, -0.1) is 0 Å². The quantitative estimate of drug-likeness (QED) is 0.899. The number of carbonyl (C=O) groups is 1. The molecule has 2 aliphatic rings. The molecule has 1 aromatic carbocycles. The Morgan fingerprint density at radius 3 is 2.56 bits per heavy atom. The Bertz CT molecular complexity index is 623. The molecule has 1 aromatic rings. The molecule has 1 atom stereocenters. The Morgan fingerprint density at radius 2 is 1.96 bits per heavy atom. The summed E-state index contributed by atoms with van der Waals surface area (Å²) in [7, 11) is 0. The number of hydrogen-bond donors (Lipinski definition) is 1. The standard InChI is InChI=1S/C19H25F3N2O/c20-19(21,22)16-6-4-5-15(11-16)18(8-2-1-3-9-18)17(25)24-10-7-14(12-23)13-24/h4-6,11,14H,1-3,7-10,12-13,23H2. The van der Waals surface area contributed by atoms with Gasteiger partial charge in [0.1, 0.15) is 0 Å². The van der Waals surface area contributed by atoms with Crippen LogP contribution in [-0.2, 0) is 16.4 Å². The number of hydrogen-bond acceptors (Lipinski definition) is 2. The Kier molecular flexibility index (Phi) is 5.09. The summed E-state index contributed by atoms with van der Waals surface area (Å²) in [5, 5.41) is 0. The maximum atomic E-state index is 13.3. The lowest BCUT2D eigenvalue weighted by Crippen LogP contribution is -2.47. The van der Waals surface area contributed by atoms with Crippen LogP contribution in [0.3, 0.4) is 0 Å². The van der Waals surface area contributed by atoms with Crippen molar-refractivity contribution < 1.29 is 18.0 Å². The summed E-state index contributed by atoms with van der Waals surface area (Å²) >= 11 is 0. The molecule has 3 rings (SSSR count). The Hall–Kier alpha value is -1.56. The number of likely N-dealkylation sites (tertiary alicyclic amines) is 1. The zero-order valence-corrected chi connectivity index (χ0v) is 14.3. The maximum absolute atomic E-state index is 13.3. The molecule has 1 aliphatic carbocycles. The largest absolute Gasteiger partial charge is 0.416 e.